The average Bonchev–Trinajstić information content (AvgIpc) is 4.19. The monoisotopic (exact) mass is 948 g/mol. The van der Waals surface area contributed by atoms with Crippen molar-refractivity contribution in [3.05, 3.63) is 82.3 Å². The van der Waals surface area contributed by atoms with Gasteiger partial charge in [-0.3, -0.25) is 14.2 Å². The molecular weight excluding hydrogens is 892 g/mol. The summed E-state index contributed by atoms with van der Waals surface area (Å²) in [6.07, 6.45) is 7.99. The first-order chi connectivity index (χ1) is 32.8. The number of aryl methyl sites for hydroxylation is 1. The van der Waals surface area contributed by atoms with Crippen LogP contribution < -0.4 is 15.4 Å². The maximum absolute atomic E-state index is 16.9. The molecule has 5 atom stereocenters. The molecule has 4 aromatic heterocycles. The molecule has 358 valence electrons. The van der Waals surface area contributed by atoms with Crippen LogP contribution in [0.4, 0.5) is 14.0 Å². The fourth-order valence-electron chi connectivity index (χ4n) is 9.74. The molecule has 0 radical (unpaired) electrons. The molecule has 7 heterocycles. The summed E-state index contributed by atoms with van der Waals surface area (Å²) < 4.78 is 35.3. The van der Waals surface area contributed by atoms with Gasteiger partial charge in [0, 0.05) is 35.8 Å². The van der Waals surface area contributed by atoms with Gasteiger partial charge in [0.05, 0.1) is 76.7 Å². The number of halogens is 1. The number of thiazole rings is 1. The van der Waals surface area contributed by atoms with E-state index < -0.39 is 36.3 Å². The Morgan fingerprint density at radius 3 is 1.96 bits per heavy atom. The van der Waals surface area contributed by atoms with E-state index in [2.05, 4.69) is 27.5 Å². The van der Waals surface area contributed by atoms with Crippen LogP contribution in [0.2, 0.25) is 0 Å². The first-order valence-electron chi connectivity index (χ1n) is 23.3. The van der Waals surface area contributed by atoms with Crippen molar-refractivity contribution in [1.82, 2.24) is 49.9 Å². The number of fused-ring (bicyclic) bond motifs is 5. The van der Waals surface area contributed by atoms with E-state index in [1.807, 2.05) is 68.8 Å². The molecule has 0 bridgehead atoms. The number of amides is 4. The fourth-order valence-corrected chi connectivity index (χ4v) is 10.8. The number of aromatic amines is 2. The summed E-state index contributed by atoms with van der Waals surface area (Å²) in [5, 5.41) is 7.23. The molecule has 3 aliphatic rings. The maximum Gasteiger partial charge on any atom is 0.407 e. The summed E-state index contributed by atoms with van der Waals surface area (Å²) in [5.74, 6) is 0.374. The number of nitrogens with one attached hydrogen (secondary N) is 4. The Labute approximate surface area is 397 Å². The maximum atomic E-state index is 16.9. The van der Waals surface area contributed by atoms with E-state index in [9.17, 15) is 19.2 Å². The van der Waals surface area contributed by atoms with Crippen LogP contribution in [0.3, 0.4) is 0 Å². The molecule has 4 N–H and O–H groups in total. The summed E-state index contributed by atoms with van der Waals surface area (Å²) in [7, 11) is 2.54. The summed E-state index contributed by atoms with van der Waals surface area (Å²) in [6, 6.07) is 9.15. The predicted octanol–water partition coefficient (Wildman–Crippen LogP) is 8.66. The van der Waals surface area contributed by atoms with Gasteiger partial charge >= 0.3 is 12.2 Å². The second-order valence-corrected chi connectivity index (χ2v) is 19.5. The number of likely N-dealkylation sites (tertiary alicyclic amines) is 2. The highest BCUT2D eigenvalue weighted by Crippen LogP contribution is 2.48. The van der Waals surface area contributed by atoms with Crippen LogP contribution in [0.15, 0.2) is 55.0 Å². The van der Waals surface area contributed by atoms with Gasteiger partial charge in [-0.25, -0.2) is 28.9 Å². The molecule has 2 saturated heterocycles. The van der Waals surface area contributed by atoms with Gasteiger partial charge in [0.2, 0.25) is 18.0 Å². The van der Waals surface area contributed by atoms with Crippen molar-refractivity contribution in [2.24, 2.45) is 11.8 Å². The SMILES string of the molecule is CCCc1ncc(C2Oc3cc(-c4cnc([C@@H]5CCCN5C(=O)[C@@H](NC(=O)OC)C(C)C)[nH]4)cc(F)c3-c3cc4cc(-c5cnc([C@@H]6CCCN6C(=O)[C@@H](NC(=O)OC)C(C)C)[nH]5)ccc4n32)s1. The Balaban J connectivity index is 1.03. The lowest BCUT2D eigenvalue weighted by Crippen LogP contribution is -2.51. The summed E-state index contributed by atoms with van der Waals surface area (Å²) in [5.41, 5.74) is 4.52. The minimum absolute atomic E-state index is 0.155. The molecule has 1 unspecified atom stereocenters. The van der Waals surface area contributed by atoms with Crippen LogP contribution in [0.5, 0.6) is 5.75 Å². The van der Waals surface area contributed by atoms with Crippen LogP contribution in [0.25, 0.3) is 44.7 Å². The van der Waals surface area contributed by atoms with Gasteiger partial charge in [-0.15, -0.1) is 11.3 Å². The third kappa shape index (κ3) is 8.67. The zero-order valence-electron chi connectivity index (χ0n) is 39.2. The number of benzene rings is 2. The van der Waals surface area contributed by atoms with Crippen molar-refractivity contribution in [3.8, 4) is 39.5 Å². The van der Waals surface area contributed by atoms with Crippen LogP contribution in [-0.2, 0) is 25.5 Å². The number of alkyl carbamates (subject to hydrolysis) is 2. The molecule has 9 rings (SSSR count). The minimum atomic E-state index is -0.774. The highest BCUT2D eigenvalue weighted by molar-refractivity contribution is 7.11. The molecule has 0 aliphatic carbocycles. The Hall–Kier alpha value is -6.76. The number of ether oxygens (including phenoxy) is 3. The van der Waals surface area contributed by atoms with Crippen molar-refractivity contribution in [2.45, 2.75) is 104 Å². The molecule has 6 aromatic rings. The van der Waals surface area contributed by atoms with E-state index >= 15 is 4.39 Å². The van der Waals surface area contributed by atoms with Crippen LogP contribution in [0, 0.1) is 17.7 Å². The molecule has 17 nitrogen and oxygen atoms in total. The number of hydrogen-bond acceptors (Lipinski definition) is 11. The second-order valence-electron chi connectivity index (χ2n) is 18.3. The number of methoxy groups -OCH3 is 2. The van der Waals surface area contributed by atoms with Crippen LogP contribution in [-0.4, -0.2) is 103 Å². The van der Waals surface area contributed by atoms with Crippen molar-refractivity contribution in [3.63, 3.8) is 0 Å². The molecule has 3 aliphatic heterocycles. The number of carbonyl (C=O) groups is 4. The molecule has 0 spiro atoms. The van der Waals surface area contributed by atoms with Gasteiger partial charge < -0.3 is 44.6 Å². The number of nitrogens with zero attached hydrogens (tertiary/aromatic N) is 6. The zero-order valence-corrected chi connectivity index (χ0v) is 40.0. The minimum Gasteiger partial charge on any atom is -0.464 e. The zero-order chi connectivity index (χ0) is 48.0. The van der Waals surface area contributed by atoms with Gasteiger partial charge in [0.25, 0.3) is 0 Å². The van der Waals surface area contributed by atoms with Crippen molar-refractivity contribution >= 4 is 46.2 Å². The molecule has 4 amide bonds. The van der Waals surface area contributed by atoms with Gasteiger partial charge in [0.15, 0.2) is 0 Å². The summed E-state index contributed by atoms with van der Waals surface area (Å²) in [6.45, 7) is 10.7. The molecular formula is C49H57FN10O7S. The highest BCUT2D eigenvalue weighted by atomic mass is 32.1. The van der Waals surface area contributed by atoms with Gasteiger partial charge in [-0.2, -0.15) is 0 Å². The standard InChI is InChI=1S/C49H57FN10O7S/c1-8-11-39-51-24-38(68-39)47-60-33-15-14-27(31-22-52-43(54-31)34-12-9-16-58(34)45(61)41(25(2)3)56-48(63)65-6)18-29(33)20-36(60)40-30(50)19-28(21-37(40)67-47)32-23-53-44(55-32)35-13-10-17-59(35)46(62)42(26(4)5)57-49(64)66-7/h14-15,18-26,34-35,41-42,47H,8-13,16-17H2,1-7H3,(H,52,54)(H,53,55)(H,56,63)(H,57,64)/t34-,35-,41-,42-,47?/m0/s1. The third-order valence-corrected chi connectivity index (χ3v) is 14.3. The predicted molar refractivity (Wildman–Crippen MR) is 253 cm³/mol. The summed E-state index contributed by atoms with van der Waals surface area (Å²) in [4.78, 5) is 77.3. The van der Waals surface area contributed by atoms with Gasteiger partial charge in [-0.1, -0.05) is 40.7 Å². The Bertz CT molecular complexity index is 2870. The number of hydrogen-bond donors (Lipinski definition) is 4. The third-order valence-electron chi connectivity index (χ3n) is 13.2. The number of H-pyrrole nitrogens is 2. The quantitative estimate of drug-likeness (QED) is 0.0868. The van der Waals surface area contributed by atoms with E-state index in [1.54, 1.807) is 33.5 Å². The summed E-state index contributed by atoms with van der Waals surface area (Å²) >= 11 is 1.57. The highest BCUT2D eigenvalue weighted by Gasteiger charge is 2.40. The van der Waals surface area contributed by atoms with E-state index in [1.165, 1.54) is 20.3 Å². The van der Waals surface area contributed by atoms with E-state index in [4.69, 9.17) is 29.2 Å². The van der Waals surface area contributed by atoms with Crippen LogP contribution >= 0.6 is 11.3 Å². The lowest BCUT2D eigenvalue weighted by molar-refractivity contribution is -0.136. The van der Waals surface area contributed by atoms with E-state index in [0.29, 0.717) is 59.4 Å². The van der Waals surface area contributed by atoms with Crippen molar-refractivity contribution in [2.75, 3.05) is 27.3 Å². The number of rotatable bonds is 13. The Morgan fingerprint density at radius 2 is 1.40 bits per heavy atom. The number of aromatic nitrogens is 6. The lowest BCUT2D eigenvalue weighted by Gasteiger charge is -2.30. The average molecular weight is 949 g/mol. The fraction of sp³-hybridized carbons (Fsp3) is 0.449. The van der Waals surface area contributed by atoms with Crippen molar-refractivity contribution in [1.29, 1.82) is 0 Å². The molecule has 19 heteroatoms. The van der Waals surface area contributed by atoms with E-state index in [-0.39, 0.29) is 35.7 Å². The Kier molecular flexibility index (Phi) is 13.0. The molecule has 2 aromatic carbocycles. The van der Waals surface area contributed by atoms with Gasteiger partial charge in [-0.05, 0) is 80.7 Å². The topological polar surface area (TPSA) is 202 Å². The molecule has 2 fully saturated rings. The largest absolute Gasteiger partial charge is 0.464 e. The smallest absolute Gasteiger partial charge is 0.407 e. The van der Waals surface area contributed by atoms with Crippen LogP contribution in [0.1, 0.15) is 107 Å². The first kappa shape index (κ1) is 46.4. The number of imidazole rings is 2. The van der Waals surface area contributed by atoms with E-state index in [0.717, 1.165) is 64.1 Å². The molecule has 0 saturated carbocycles. The second kappa shape index (κ2) is 19.1. The van der Waals surface area contributed by atoms with Crippen molar-refractivity contribution < 1.29 is 37.8 Å². The Morgan fingerprint density at radius 1 is 0.809 bits per heavy atom. The number of carbonyl (C=O) groups excluding carboxylic acids is 4. The normalized spacial score (nSPS) is 18.6. The lowest BCUT2D eigenvalue weighted by atomic mass is 10.0. The first-order valence-corrected chi connectivity index (χ1v) is 24.1. The van der Waals surface area contributed by atoms with Gasteiger partial charge in [0.1, 0.15) is 35.3 Å². The molecule has 68 heavy (non-hydrogen) atoms.